The zero-order valence-corrected chi connectivity index (χ0v) is 23.5. The molecule has 0 saturated carbocycles. The highest BCUT2D eigenvalue weighted by atomic mass is 35.5. The maximum atomic E-state index is 7.08. The third-order valence-electron chi connectivity index (χ3n) is 7.09. The van der Waals surface area contributed by atoms with Crippen LogP contribution < -0.4 is 5.73 Å². The van der Waals surface area contributed by atoms with E-state index in [2.05, 4.69) is 57.8 Å². The Morgan fingerprint density at radius 1 is 1.21 bits per heavy atom. The summed E-state index contributed by atoms with van der Waals surface area (Å²) in [6.45, 7) is 8.04. The molecule has 39 heavy (non-hydrogen) atoms. The van der Waals surface area contributed by atoms with Crippen molar-refractivity contribution in [2.45, 2.75) is 31.8 Å². The van der Waals surface area contributed by atoms with Crippen LogP contribution in [-0.2, 0) is 18.9 Å². The van der Waals surface area contributed by atoms with Gasteiger partial charge >= 0.3 is 0 Å². The van der Waals surface area contributed by atoms with Crippen molar-refractivity contribution in [2.24, 2.45) is 27.8 Å². The Kier molecular flexibility index (Phi) is 8.62. The van der Waals surface area contributed by atoms with E-state index in [4.69, 9.17) is 22.3 Å². The van der Waals surface area contributed by atoms with Gasteiger partial charge in [0.2, 0.25) is 0 Å². The molecule has 1 aliphatic heterocycles. The zero-order chi connectivity index (χ0) is 28.0. The predicted octanol–water partition coefficient (Wildman–Crippen LogP) is 6.30. The summed E-state index contributed by atoms with van der Waals surface area (Å²) in [7, 11) is 4.04. The second kappa shape index (κ2) is 12.1. The second-order valence-corrected chi connectivity index (χ2v) is 10.1. The highest BCUT2D eigenvalue weighted by molar-refractivity contribution is 6.49. The van der Waals surface area contributed by atoms with Crippen LogP contribution in [0, 0.1) is 0 Å². The second-order valence-electron chi connectivity index (χ2n) is 9.76. The maximum absolute atomic E-state index is 7.08. The quantitative estimate of drug-likeness (QED) is 0.324. The number of likely N-dealkylation sites (N-methyl/N-ethyl adjacent to an activating group) is 1. The lowest BCUT2D eigenvalue weighted by Crippen LogP contribution is -2.47. The van der Waals surface area contributed by atoms with Crippen molar-refractivity contribution in [3.05, 3.63) is 107 Å². The third kappa shape index (κ3) is 5.78. The molecule has 8 heteroatoms. The van der Waals surface area contributed by atoms with Crippen LogP contribution in [0.15, 0.2) is 100 Å². The molecule has 2 atom stereocenters. The van der Waals surface area contributed by atoms with Crippen molar-refractivity contribution in [1.82, 2.24) is 14.5 Å². The highest BCUT2D eigenvalue weighted by Gasteiger charge is 2.42. The van der Waals surface area contributed by atoms with Gasteiger partial charge in [0.1, 0.15) is 6.17 Å². The minimum absolute atomic E-state index is 0.182. The molecule has 0 radical (unpaired) electrons. The predicted molar refractivity (Wildman–Crippen MR) is 165 cm³/mol. The molecule has 2 heterocycles. The highest BCUT2D eigenvalue weighted by Crippen LogP contribution is 2.42. The minimum Gasteiger partial charge on any atom is -0.405 e. The van der Waals surface area contributed by atoms with Crippen molar-refractivity contribution >= 4 is 47.2 Å². The fourth-order valence-electron chi connectivity index (χ4n) is 5.00. The molecular weight excluding hydrogens is 506 g/mol. The van der Waals surface area contributed by atoms with Gasteiger partial charge in [0.15, 0.2) is 0 Å². The van der Waals surface area contributed by atoms with Crippen LogP contribution in [0.1, 0.15) is 36.2 Å². The van der Waals surface area contributed by atoms with Crippen molar-refractivity contribution in [1.29, 1.82) is 0 Å². The van der Waals surface area contributed by atoms with Gasteiger partial charge in [-0.25, -0.2) is 4.98 Å². The van der Waals surface area contributed by atoms with Gasteiger partial charge in [-0.15, -0.1) is 0 Å². The number of aryl methyl sites for hydroxylation is 1. The van der Waals surface area contributed by atoms with Gasteiger partial charge in [-0.3, -0.25) is 15.0 Å². The lowest BCUT2D eigenvalue weighted by Gasteiger charge is -2.41. The molecule has 2 aromatic carbocycles. The molecule has 0 fully saturated rings. The summed E-state index contributed by atoms with van der Waals surface area (Å²) in [4.78, 5) is 20.1. The molecule has 1 aromatic heterocycles. The average Bonchev–Trinajstić information content (AvgIpc) is 3.39. The molecule has 1 aliphatic rings. The van der Waals surface area contributed by atoms with Crippen LogP contribution in [0.4, 0.5) is 11.4 Å². The summed E-state index contributed by atoms with van der Waals surface area (Å²) in [5.74, 6) is 0. The minimum atomic E-state index is -0.532. The van der Waals surface area contributed by atoms with E-state index in [0.29, 0.717) is 11.5 Å². The molecule has 200 valence electrons. The summed E-state index contributed by atoms with van der Waals surface area (Å²) < 4.78 is 2.05. The molecule has 0 spiro atoms. The van der Waals surface area contributed by atoms with Gasteiger partial charge in [0.05, 0.1) is 28.8 Å². The topological polar surface area (TPSA) is 84.2 Å². The summed E-state index contributed by atoms with van der Waals surface area (Å²) >= 11 is 7.08. The number of hydrogen-bond acceptors (Lipinski definition) is 6. The molecule has 0 bridgehead atoms. The van der Waals surface area contributed by atoms with E-state index >= 15 is 0 Å². The van der Waals surface area contributed by atoms with E-state index in [1.807, 2.05) is 74.8 Å². The first-order chi connectivity index (χ1) is 18.8. The molecule has 2 unspecified atom stereocenters. The van der Waals surface area contributed by atoms with Gasteiger partial charge in [-0.05, 0) is 86.3 Å². The van der Waals surface area contributed by atoms with Crippen molar-refractivity contribution in [3.8, 4) is 0 Å². The van der Waals surface area contributed by atoms with E-state index in [1.54, 1.807) is 12.3 Å². The Bertz CT molecular complexity index is 1480. The Balaban J connectivity index is 1.75. The number of rotatable bonds is 9. The van der Waals surface area contributed by atoms with E-state index in [1.165, 1.54) is 6.20 Å². The first-order valence-corrected chi connectivity index (χ1v) is 13.0. The van der Waals surface area contributed by atoms with Crippen molar-refractivity contribution in [3.63, 3.8) is 0 Å². The number of hydrogen-bond donors (Lipinski definition) is 1. The number of allylic oxidation sites excluding steroid dienone is 3. The van der Waals surface area contributed by atoms with Gasteiger partial charge in [0, 0.05) is 49.5 Å². The Morgan fingerprint density at radius 3 is 2.62 bits per heavy atom. The SMILES string of the molecule is C=Nc1ccc(C(C)(c2cncn2C)C2N=CC=CN2C)cc1/C(Cl)=C(\C)Cc1ccc(N=CC=CN)cc1. The van der Waals surface area contributed by atoms with Gasteiger partial charge < -0.3 is 15.2 Å². The Morgan fingerprint density at radius 2 is 1.97 bits per heavy atom. The van der Waals surface area contributed by atoms with Crippen molar-refractivity contribution in [2.75, 3.05) is 7.05 Å². The zero-order valence-electron chi connectivity index (χ0n) is 22.8. The number of nitrogens with two attached hydrogens (primary N) is 1. The molecule has 7 nitrogen and oxygen atoms in total. The number of halogens is 1. The molecule has 3 aromatic rings. The van der Waals surface area contributed by atoms with E-state index < -0.39 is 5.41 Å². The van der Waals surface area contributed by atoms with Crippen LogP contribution in [0.2, 0.25) is 0 Å². The summed E-state index contributed by atoms with van der Waals surface area (Å²) in [5.41, 5.74) is 11.5. The number of nitrogens with zero attached hydrogens (tertiary/aromatic N) is 6. The average molecular weight is 540 g/mol. The maximum Gasteiger partial charge on any atom is 0.135 e. The normalized spacial score (nSPS) is 17.6. The molecule has 0 amide bonds. The Hall–Kier alpha value is -4.23. The largest absolute Gasteiger partial charge is 0.405 e. The van der Waals surface area contributed by atoms with Gasteiger partial charge in [0.25, 0.3) is 0 Å². The fourth-order valence-corrected chi connectivity index (χ4v) is 5.22. The number of benzene rings is 2. The summed E-state index contributed by atoms with van der Waals surface area (Å²) in [6.07, 6.45) is 14.9. The molecule has 0 aliphatic carbocycles. The standard InChI is InChI=1S/C31H34ClN7/c1-22(18-23-8-11-25(12-9-23)36-15-6-14-33)29(32)26-19-24(10-13-27(26)34-3)31(2,28-20-35-21-39(28)5)30-37-16-7-17-38(30)4/h6-17,19-21,30H,3,18,33H2,1-2,4-5H3/b14-6?,29-22-,36-15?. The van der Waals surface area contributed by atoms with Crippen LogP contribution in [0.5, 0.6) is 0 Å². The number of aromatic nitrogens is 2. The van der Waals surface area contributed by atoms with Crippen molar-refractivity contribution < 1.29 is 0 Å². The van der Waals surface area contributed by atoms with Crippen LogP contribution >= 0.6 is 11.6 Å². The van der Waals surface area contributed by atoms with E-state index in [-0.39, 0.29) is 6.17 Å². The molecule has 2 N–H and O–H groups in total. The lowest BCUT2D eigenvalue weighted by molar-refractivity contribution is 0.238. The lowest BCUT2D eigenvalue weighted by atomic mass is 9.75. The molecule has 4 rings (SSSR count). The number of aliphatic imine (C=N–C) groups is 3. The third-order valence-corrected chi connectivity index (χ3v) is 7.62. The first-order valence-electron chi connectivity index (χ1n) is 12.6. The van der Waals surface area contributed by atoms with Gasteiger partial charge in [-0.1, -0.05) is 29.8 Å². The Labute approximate surface area is 235 Å². The summed E-state index contributed by atoms with van der Waals surface area (Å²) in [5, 5.41) is 0.655. The van der Waals surface area contributed by atoms with Crippen LogP contribution in [-0.4, -0.2) is 46.8 Å². The monoisotopic (exact) mass is 539 g/mol. The number of imidazole rings is 1. The first kappa shape index (κ1) is 27.8. The molecular formula is C31H34ClN7. The van der Waals surface area contributed by atoms with Crippen LogP contribution in [0.3, 0.4) is 0 Å². The van der Waals surface area contributed by atoms with E-state index in [0.717, 1.165) is 39.3 Å². The van der Waals surface area contributed by atoms with E-state index in [9.17, 15) is 0 Å². The smallest absolute Gasteiger partial charge is 0.135 e. The fraction of sp³-hybridized carbons (Fsp3) is 0.226. The van der Waals surface area contributed by atoms with Gasteiger partial charge in [-0.2, -0.15) is 0 Å². The van der Waals surface area contributed by atoms with Crippen LogP contribution in [0.25, 0.3) is 5.03 Å². The molecule has 0 saturated heterocycles. The summed E-state index contributed by atoms with van der Waals surface area (Å²) in [6, 6.07) is 14.2.